The third kappa shape index (κ3) is 3.99. The maximum Gasteiger partial charge on any atom is 0.342 e. The molecule has 8 nitrogen and oxygen atoms in total. The lowest BCUT2D eigenvalue weighted by Gasteiger charge is -2.44. The molecular formula is C27H28N4O4. The van der Waals surface area contributed by atoms with Crippen LogP contribution in [0.25, 0.3) is 0 Å². The molecule has 8 heteroatoms. The Kier molecular flexibility index (Phi) is 5.88. The summed E-state index contributed by atoms with van der Waals surface area (Å²) in [6, 6.07) is 17.1. The third-order valence-corrected chi connectivity index (χ3v) is 7.01. The second-order valence-electron chi connectivity index (χ2n) is 9.20. The number of fused-ring (bicyclic) bond motifs is 1. The molecule has 5 rings (SSSR count). The van der Waals surface area contributed by atoms with E-state index in [1.807, 2.05) is 55.5 Å². The van der Waals surface area contributed by atoms with Gasteiger partial charge < -0.3 is 10.1 Å². The maximum atomic E-state index is 13.5. The van der Waals surface area contributed by atoms with Gasteiger partial charge in [0.2, 0.25) is 0 Å². The smallest absolute Gasteiger partial charge is 0.342 e. The van der Waals surface area contributed by atoms with Crippen LogP contribution in [-0.4, -0.2) is 39.7 Å². The Morgan fingerprint density at radius 2 is 1.71 bits per heavy atom. The molecule has 1 spiro atoms. The van der Waals surface area contributed by atoms with Crippen molar-refractivity contribution < 1.29 is 19.1 Å². The Balaban J connectivity index is 1.36. The number of carbonyl (C=O) groups excluding carboxylic acids is 3. The molecule has 0 radical (unpaired) electrons. The SMILES string of the molecule is Cc1nn(Cc2ccccc2)c(C)c1C(=O)OCC(=O)N1c2ccccc2NC(=O)C12CCCC2. The fourth-order valence-corrected chi connectivity index (χ4v) is 5.30. The van der Waals surface area contributed by atoms with Crippen LogP contribution in [0.15, 0.2) is 54.6 Å². The van der Waals surface area contributed by atoms with Crippen molar-refractivity contribution in [1.82, 2.24) is 9.78 Å². The molecule has 1 saturated carbocycles. The van der Waals surface area contributed by atoms with Crippen LogP contribution in [0, 0.1) is 13.8 Å². The van der Waals surface area contributed by atoms with Crippen LogP contribution in [0.5, 0.6) is 0 Å². The van der Waals surface area contributed by atoms with Gasteiger partial charge >= 0.3 is 5.97 Å². The summed E-state index contributed by atoms with van der Waals surface area (Å²) < 4.78 is 7.27. The summed E-state index contributed by atoms with van der Waals surface area (Å²) in [5.74, 6) is -1.18. The van der Waals surface area contributed by atoms with Crippen LogP contribution in [0.2, 0.25) is 0 Å². The Morgan fingerprint density at radius 1 is 1.03 bits per heavy atom. The van der Waals surface area contributed by atoms with Gasteiger partial charge in [-0.1, -0.05) is 55.3 Å². The first-order valence-corrected chi connectivity index (χ1v) is 11.9. The predicted octanol–water partition coefficient (Wildman–Crippen LogP) is 4.00. The van der Waals surface area contributed by atoms with E-state index in [0.717, 1.165) is 18.4 Å². The average Bonchev–Trinajstić information content (AvgIpc) is 3.44. The van der Waals surface area contributed by atoms with Gasteiger partial charge in [0.25, 0.3) is 11.8 Å². The molecule has 1 fully saturated rings. The van der Waals surface area contributed by atoms with Crippen LogP contribution >= 0.6 is 0 Å². The van der Waals surface area contributed by atoms with Crippen molar-refractivity contribution >= 4 is 29.2 Å². The molecule has 1 aliphatic heterocycles. The zero-order valence-corrected chi connectivity index (χ0v) is 19.9. The number of benzene rings is 2. The average molecular weight is 473 g/mol. The van der Waals surface area contributed by atoms with Gasteiger partial charge in [0.15, 0.2) is 6.61 Å². The lowest BCUT2D eigenvalue weighted by Crippen LogP contribution is -2.61. The van der Waals surface area contributed by atoms with Crippen molar-refractivity contribution in [1.29, 1.82) is 0 Å². The van der Waals surface area contributed by atoms with Gasteiger partial charge in [-0.25, -0.2) is 4.79 Å². The largest absolute Gasteiger partial charge is 0.452 e. The lowest BCUT2D eigenvalue weighted by atomic mass is 9.90. The first kappa shape index (κ1) is 22.8. The number of hydrogen-bond acceptors (Lipinski definition) is 5. The summed E-state index contributed by atoms with van der Waals surface area (Å²) in [5, 5.41) is 7.46. The third-order valence-electron chi connectivity index (χ3n) is 7.01. The minimum Gasteiger partial charge on any atom is -0.452 e. The van der Waals surface area contributed by atoms with E-state index >= 15 is 0 Å². The van der Waals surface area contributed by atoms with E-state index in [2.05, 4.69) is 10.4 Å². The Labute approximate surface area is 203 Å². The highest BCUT2D eigenvalue weighted by molar-refractivity contribution is 6.15. The number of rotatable bonds is 5. The van der Waals surface area contributed by atoms with Crippen LogP contribution in [-0.2, 0) is 20.9 Å². The van der Waals surface area contributed by atoms with Crippen LogP contribution in [0.4, 0.5) is 11.4 Å². The van der Waals surface area contributed by atoms with Gasteiger partial charge in [-0.2, -0.15) is 5.10 Å². The Bertz CT molecular complexity index is 1290. The molecule has 2 aliphatic rings. The molecule has 3 aromatic rings. The van der Waals surface area contributed by atoms with E-state index in [4.69, 9.17) is 4.74 Å². The highest BCUT2D eigenvalue weighted by Gasteiger charge is 2.52. The monoisotopic (exact) mass is 472 g/mol. The summed E-state index contributed by atoms with van der Waals surface area (Å²) in [5.41, 5.74) is 2.94. The number of aromatic nitrogens is 2. The van der Waals surface area contributed by atoms with E-state index in [1.165, 1.54) is 0 Å². The first-order valence-electron chi connectivity index (χ1n) is 11.9. The van der Waals surface area contributed by atoms with Crippen LogP contribution in [0.3, 0.4) is 0 Å². The van der Waals surface area contributed by atoms with E-state index in [1.54, 1.807) is 22.6 Å². The lowest BCUT2D eigenvalue weighted by molar-refractivity contribution is -0.129. The van der Waals surface area contributed by atoms with Crippen molar-refractivity contribution in [2.75, 3.05) is 16.8 Å². The molecule has 35 heavy (non-hydrogen) atoms. The quantitative estimate of drug-likeness (QED) is 0.567. The number of nitrogens with zero attached hydrogens (tertiary/aromatic N) is 3. The fraction of sp³-hybridized carbons (Fsp3) is 0.333. The van der Waals surface area contributed by atoms with Crippen molar-refractivity contribution in [2.24, 2.45) is 0 Å². The second-order valence-corrected chi connectivity index (χ2v) is 9.20. The second kappa shape index (κ2) is 9.02. The molecule has 0 bridgehead atoms. The topological polar surface area (TPSA) is 93.5 Å². The molecule has 0 atom stereocenters. The molecule has 0 saturated heterocycles. The highest BCUT2D eigenvalue weighted by Crippen LogP contribution is 2.45. The molecule has 2 amide bonds. The minimum absolute atomic E-state index is 0.178. The van der Waals surface area contributed by atoms with Crippen LogP contribution in [0.1, 0.15) is 53.0 Å². The maximum absolute atomic E-state index is 13.5. The number of hydrogen-bond donors (Lipinski definition) is 1. The predicted molar refractivity (Wildman–Crippen MR) is 131 cm³/mol. The van der Waals surface area contributed by atoms with Gasteiger partial charge in [-0.15, -0.1) is 0 Å². The number of nitrogens with one attached hydrogen (secondary N) is 1. The van der Waals surface area contributed by atoms with Gasteiger partial charge in [-0.3, -0.25) is 19.2 Å². The van der Waals surface area contributed by atoms with E-state index in [0.29, 0.717) is 47.7 Å². The molecule has 0 unspecified atom stereocenters. The van der Waals surface area contributed by atoms with E-state index in [9.17, 15) is 14.4 Å². The number of ether oxygens (including phenoxy) is 1. The van der Waals surface area contributed by atoms with Crippen molar-refractivity contribution in [2.45, 2.75) is 51.6 Å². The van der Waals surface area contributed by atoms with Gasteiger partial charge in [0.1, 0.15) is 11.1 Å². The molecule has 1 N–H and O–H groups in total. The standard InChI is InChI=1S/C27H28N4O4/c1-18-24(19(2)30(29-18)16-20-10-4-3-5-11-20)25(33)35-17-23(32)31-22-13-7-6-12-21(22)28-26(34)27(31)14-8-9-15-27/h3-7,10-13H,8-9,14-17H2,1-2H3,(H,28,34). The molecular weight excluding hydrogens is 444 g/mol. The molecule has 2 heterocycles. The normalized spacial score (nSPS) is 16.2. The Hall–Kier alpha value is -3.94. The summed E-state index contributed by atoms with van der Waals surface area (Å²) in [6.45, 7) is 3.65. The summed E-state index contributed by atoms with van der Waals surface area (Å²) in [4.78, 5) is 41.1. The number of anilines is 2. The number of aryl methyl sites for hydroxylation is 1. The fourth-order valence-electron chi connectivity index (χ4n) is 5.30. The highest BCUT2D eigenvalue weighted by atomic mass is 16.5. The number of para-hydroxylation sites is 2. The van der Waals surface area contributed by atoms with Gasteiger partial charge in [0.05, 0.1) is 29.3 Å². The summed E-state index contributed by atoms with van der Waals surface area (Å²) in [6.07, 6.45) is 2.88. The van der Waals surface area contributed by atoms with E-state index < -0.39 is 24.0 Å². The molecule has 1 aromatic heterocycles. The van der Waals surface area contributed by atoms with Gasteiger partial charge in [0, 0.05) is 0 Å². The first-order chi connectivity index (χ1) is 16.9. The van der Waals surface area contributed by atoms with E-state index in [-0.39, 0.29) is 5.91 Å². The van der Waals surface area contributed by atoms with Crippen LogP contribution < -0.4 is 10.2 Å². The van der Waals surface area contributed by atoms with Gasteiger partial charge in [-0.05, 0) is 44.4 Å². The number of carbonyl (C=O) groups is 3. The summed E-state index contributed by atoms with van der Waals surface area (Å²) >= 11 is 0. The number of esters is 1. The molecule has 2 aromatic carbocycles. The minimum atomic E-state index is -0.940. The van der Waals surface area contributed by atoms with Crippen molar-refractivity contribution in [3.05, 3.63) is 77.1 Å². The summed E-state index contributed by atoms with van der Waals surface area (Å²) in [7, 11) is 0. The molecule has 180 valence electrons. The molecule has 1 aliphatic carbocycles. The van der Waals surface area contributed by atoms with Crippen molar-refractivity contribution in [3.63, 3.8) is 0 Å². The van der Waals surface area contributed by atoms with Crippen molar-refractivity contribution in [3.8, 4) is 0 Å². The zero-order valence-electron chi connectivity index (χ0n) is 19.9. The zero-order chi connectivity index (χ0) is 24.6. The number of amides is 2. The Morgan fingerprint density at radius 3 is 2.46 bits per heavy atom.